The summed E-state index contributed by atoms with van der Waals surface area (Å²) in [5, 5.41) is 0. The number of amides is 1. The molecule has 19 heavy (non-hydrogen) atoms. The minimum absolute atomic E-state index is 0.118. The van der Waals surface area contributed by atoms with E-state index in [1.807, 2.05) is 7.05 Å². The normalized spacial score (nSPS) is 10.8. The third-order valence-corrected chi connectivity index (χ3v) is 3.26. The fraction of sp³-hybridized carbons (Fsp3) is 0.471. The molecule has 0 bridgehead atoms. The molecule has 2 heteroatoms. The highest BCUT2D eigenvalue weighted by Gasteiger charge is 1.96. The molecule has 0 aliphatic rings. The highest BCUT2D eigenvalue weighted by atomic mass is 16.2. The van der Waals surface area contributed by atoms with Crippen LogP contribution < -0.4 is 0 Å². The Hall–Kier alpha value is -1.57. The summed E-state index contributed by atoms with van der Waals surface area (Å²) in [5.74, 6) is 0.118. The first kappa shape index (κ1) is 15.5. The Morgan fingerprint density at radius 3 is 2.53 bits per heavy atom. The number of nitrogens with zero attached hydrogens (tertiary/aromatic N) is 1. The molecule has 0 radical (unpaired) electrons. The fourth-order valence-corrected chi connectivity index (χ4v) is 1.89. The maximum atomic E-state index is 11.0. The van der Waals surface area contributed by atoms with Crippen LogP contribution in [0.4, 0.5) is 0 Å². The van der Waals surface area contributed by atoms with E-state index >= 15 is 0 Å². The number of carbonyl (C=O) groups is 1. The number of allylic oxidation sites excluding steroid dienone is 1. The van der Waals surface area contributed by atoms with Crippen LogP contribution in [0.3, 0.4) is 0 Å². The van der Waals surface area contributed by atoms with Crippen LogP contribution in [0.5, 0.6) is 0 Å². The summed E-state index contributed by atoms with van der Waals surface area (Å²) in [5.41, 5.74) is 1.43. The second-order valence-electron chi connectivity index (χ2n) is 4.96. The van der Waals surface area contributed by atoms with Crippen molar-refractivity contribution in [1.82, 2.24) is 4.90 Å². The Balaban J connectivity index is 1.99. The Morgan fingerprint density at radius 1 is 1.11 bits per heavy atom. The summed E-state index contributed by atoms with van der Waals surface area (Å²) in [6.07, 6.45) is 10.3. The number of likely N-dealkylation sites (N-methyl/N-ethyl adjacent to an activating group) is 1. The smallest absolute Gasteiger partial charge is 0.219 e. The molecule has 0 atom stereocenters. The standard InChI is InChI=1S/C17H25NO/c1-16(19)18(2)15-11-6-4-3-5-8-12-17-13-9-7-10-14-17/h6-7,9-11,13-14H,3-5,8,12,15H2,1-2H3/b11-6+. The van der Waals surface area contributed by atoms with Crippen LogP contribution in [0.25, 0.3) is 0 Å². The molecule has 1 aromatic carbocycles. The van der Waals surface area contributed by atoms with Crippen molar-refractivity contribution in [2.75, 3.05) is 13.6 Å². The zero-order chi connectivity index (χ0) is 13.9. The van der Waals surface area contributed by atoms with Gasteiger partial charge in [0.05, 0.1) is 0 Å². The van der Waals surface area contributed by atoms with Gasteiger partial charge >= 0.3 is 0 Å². The third-order valence-electron chi connectivity index (χ3n) is 3.26. The number of unbranched alkanes of at least 4 members (excludes halogenated alkanes) is 3. The predicted molar refractivity (Wildman–Crippen MR) is 81.1 cm³/mol. The lowest BCUT2D eigenvalue weighted by molar-refractivity contribution is -0.127. The first-order valence-corrected chi connectivity index (χ1v) is 7.11. The first-order valence-electron chi connectivity index (χ1n) is 7.11. The quantitative estimate of drug-likeness (QED) is 0.513. The van der Waals surface area contributed by atoms with Gasteiger partial charge in [-0.3, -0.25) is 4.79 Å². The van der Waals surface area contributed by atoms with E-state index in [0.29, 0.717) is 0 Å². The van der Waals surface area contributed by atoms with E-state index in [4.69, 9.17) is 0 Å². The molecule has 1 aromatic rings. The van der Waals surface area contributed by atoms with Gasteiger partial charge in [0.15, 0.2) is 0 Å². The monoisotopic (exact) mass is 259 g/mol. The van der Waals surface area contributed by atoms with Gasteiger partial charge in [-0.25, -0.2) is 0 Å². The van der Waals surface area contributed by atoms with Crippen molar-refractivity contribution in [3.63, 3.8) is 0 Å². The third kappa shape index (κ3) is 7.45. The molecule has 0 fully saturated rings. The molecule has 104 valence electrons. The highest BCUT2D eigenvalue weighted by molar-refractivity contribution is 5.72. The summed E-state index contributed by atoms with van der Waals surface area (Å²) in [7, 11) is 1.83. The van der Waals surface area contributed by atoms with Crippen molar-refractivity contribution in [1.29, 1.82) is 0 Å². The Morgan fingerprint density at radius 2 is 1.84 bits per heavy atom. The van der Waals surface area contributed by atoms with Crippen molar-refractivity contribution in [2.24, 2.45) is 0 Å². The summed E-state index contributed by atoms with van der Waals surface area (Å²) >= 11 is 0. The molecular formula is C17H25NO. The first-order chi connectivity index (χ1) is 9.20. The van der Waals surface area contributed by atoms with E-state index in [2.05, 4.69) is 42.5 Å². The minimum Gasteiger partial charge on any atom is -0.342 e. The van der Waals surface area contributed by atoms with Crippen LogP contribution in [-0.2, 0) is 11.2 Å². The number of rotatable bonds is 8. The zero-order valence-corrected chi connectivity index (χ0v) is 12.1. The molecule has 0 heterocycles. The van der Waals surface area contributed by atoms with Crippen molar-refractivity contribution in [3.05, 3.63) is 48.0 Å². The van der Waals surface area contributed by atoms with E-state index in [1.54, 1.807) is 11.8 Å². The van der Waals surface area contributed by atoms with Crippen LogP contribution >= 0.6 is 0 Å². The second-order valence-corrected chi connectivity index (χ2v) is 4.96. The van der Waals surface area contributed by atoms with Gasteiger partial charge in [-0.2, -0.15) is 0 Å². The number of carbonyl (C=O) groups excluding carboxylic acids is 1. The zero-order valence-electron chi connectivity index (χ0n) is 12.1. The van der Waals surface area contributed by atoms with Crippen LogP contribution in [0, 0.1) is 0 Å². The lowest BCUT2D eigenvalue weighted by Gasteiger charge is -2.10. The van der Waals surface area contributed by atoms with Crippen molar-refractivity contribution in [3.8, 4) is 0 Å². The van der Waals surface area contributed by atoms with Gasteiger partial charge in [0.2, 0.25) is 5.91 Å². The highest BCUT2D eigenvalue weighted by Crippen LogP contribution is 2.07. The summed E-state index contributed by atoms with van der Waals surface area (Å²) in [6.45, 7) is 2.32. The molecule has 0 aliphatic carbocycles. The predicted octanol–water partition coefficient (Wildman–Crippen LogP) is 3.82. The largest absolute Gasteiger partial charge is 0.342 e. The molecule has 0 aliphatic heterocycles. The maximum Gasteiger partial charge on any atom is 0.219 e. The molecule has 0 N–H and O–H groups in total. The van der Waals surface area contributed by atoms with Crippen LogP contribution in [0.1, 0.15) is 38.2 Å². The molecule has 1 rings (SSSR count). The topological polar surface area (TPSA) is 20.3 Å². The number of hydrogen-bond acceptors (Lipinski definition) is 1. The average molecular weight is 259 g/mol. The van der Waals surface area contributed by atoms with Gasteiger partial charge in [-0.1, -0.05) is 48.9 Å². The van der Waals surface area contributed by atoms with Crippen LogP contribution in [-0.4, -0.2) is 24.4 Å². The summed E-state index contributed by atoms with van der Waals surface area (Å²) in [4.78, 5) is 12.7. The van der Waals surface area contributed by atoms with Crippen molar-refractivity contribution >= 4 is 5.91 Å². The number of hydrogen-bond donors (Lipinski definition) is 0. The molecule has 0 unspecified atom stereocenters. The van der Waals surface area contributed by atoms with Gasteiger partial charge in [0, 0.05) is 20.5 Å². The second kappa shape index (κ2) is 9.37. The molecule has 2 nitrogen and oxygen atoms in total. The van der Waals surface area contributed by atoms with Gasteiger partial charge < -0.3 is 4.90 Å². The van der Waals surface area contributed by atoms with Gasteiger partial charge in [-0.05, 0) is 31.2 Å². The van der Waals surface area contributed by atoms with E-state index in [9.17, 15) is 4.79 Å². The molecule has 0 saturated heterocycles. The fourth-order valence-electron chi connectivity index (χ4n) is 1.89. The Labute approximate surface area is 117 Å². The van der Waals surface area contributed by atoms with Gasteiger partial charge in [0.25, 0.3) is 0 Å². The molecule has 1 amide bonds. The van der Waals surface area contributed by atoms with E-state index < -0.39 is 0 Å². The summed E-state index contributed by atoms with van der Waals surface area (Å²) < 4.78 is 0. The van der Waals surface area contributed by atoms with Gasteiger partial charge in [0.1, 0.15) is 0 Å². The SMILES string of the molecule is CC(=O)N(C)C/C=C/CCCCCc1ccccc1. The van der Waals surface area contributed by atoms with E-state index in [0.717, 1.165) is 13.0 Å². The Kier molecular flexibility index (Phi) is 7.64. The van der Waals surface area contributed by atoms with Crippen molar-refractivity contribution in [2.45, 2.75) is 39.0 Å². The van der Waals surface area contributed by atoms with E-state index in [1.165, 1.54) is 31.2 Å². The number of benzene rings is 1. The summed E-state index contributed by atoms with van der Waals surface area (Å²) in [6, 6.07) is 10.6. The van der Waals surface area contributed by atoms with Crippen LogP contribution in [0.2, 0.25) is 0 Å². The maximum absolute atomic E-state index is 11.0. The minimum atomic E-state index is 0.118. The number of aryl methyl sites for hydroxylation is 1. The lowest BCUT2D eigenvalue weighted by atomic mass is 10.1. The lowest BCUT2D eigenvalue weighted by Crippen LogP contribution is -2.23. The molecule has 0 spiro atoms. The average Bonchev–Trinajstić information content (AvgIpc) is 2.42. The molecule has 0 aromatic heterocycles. The molecule has 0 saturated carbocycles. The van der Waals surface area contributed by atoms with Crippen LogP contribution in [0.15, 0.2) is 42.5 Å². The molecular weight excluding hydrogens is 234 g/mol. The Bertz CT molecular complexity index is 384. The van der Waals surface area contributed by atoms with Gasteiger partial charge in [-0.15, -0.1) is 0 Å². The van der Waals surface area contributed by atoms with E-state index in [-0.39, 0.29) is 5.91 Å². The van der Waals surface area contributed by atoms with Crippen molar-refractivity contribution < 1.29 is 4.79 Å².